The van der Waals surface area contributed by atoms with E-state index in [1.165, 1.54) is 13.6 Å². The SMILES string of the molecule is CCOP(C)(=O)OCCCCCC(=O)c1ccccc1SC(C)=O. The number of hydrogen-bond acceptors (Lipinski definition) is 6. The molecule has 0 radical (unpaired) electrons. The number of carbonyl (C=O) groups excluding carboxylic acids is 2. The van der Waals surface area contributed by atoms with Crippen molar-refractivity contribution in [1.82, 2.24) is 0 Å². The van der Waals surface area contributed by atoms with Crippen molar-refractivity contribution in [1.29, 1.82) is 0 Å². The molecule has 0 bridgehead atoms. The predicted molar refractivity (Wildman–Crippen MR) is 96.9 cm³/mol. The van der Waals surface area contributed by atoms with Gasteiger partial charge in [0.1, 0.15) is 0 Å². The summed E-state index contributed by atoms with van der Waals surface area (Å²) in [5.41, 5.74) is 0.600. The second-order valence-electron chi connectivity index (χ2n) is 5.35. The third-order valence-electron chi connectivity index (χ3n) is 3.18. The minimum absolute atomic E-state index is 0.0364. The van der Waals surface area contributed by atoms with Crippen LogP contribution in [0.1, 0.15) is 49.9 Å². The van der Waals surface area contributed by atoms with Crippen LogP contribution < -0.4 is 0 Å². The first-order valence-electron chi connectivity index (χ1n) is 8.03. The first kappa shape index (κ1) is 21.1. The highest BCUT2D eigenvalue weighted by Gasteiger charge is 2.15. The van der Waals surface area contributed by atoms with Crippen LogP contribution in [0.2, 0.25) is 0 Å². The van der Waals surface area contributed by atoms with Crippen LogP contribution in [0.3, 0.4) is 0 Å². The Kier molecular flexibility index (Phi) is 9.52. The highest BCUT2D eigenvalue weighted by atomic mass is 32.2. The molecule has 0 amide bonds. The molecule has 1 rings (SSSR count). The van der Waals surface area contributed by atoms with E-state index in [9.17, 15) is 14.2 Å². The topological polar surface area (TPSA) is 69.7 Å². The molecule has 24 heavy (non-hydrogen) atoms. The Morgan fingerprint density at radius 1 is 1.12 bits per heavy atom. The van der Waals surface area contributed by atoms with Crippen LogP contribution in [0.15, 0.2) is 29.2 Å². The number of benzene rings is 1. The van der Waals surface area contributed by atoms with Crippen molar-refractivity contribution in [3.8, 4) is 0 Å². The zero-order valence-electron chi connectivity index (χ0n) is 14.4. The molecule has 1 aromatic carbocycles. The van der Waals surface area contributed by atoms with Gasteiger partial charge >= 0.3 is 7.60 Å². The van der Waals surface area contributed by atoms with Gasteiger partial charge in [-0.1, -0.05) is 36.4 Å². The molecular weight excluding hydrogens is 347 g/mol. The Morgan fingerprint density at radius 2 is 1.83 bits per heavy atom. The molecule has 0 N–H and O–H groups in total. The maximum Gasteiger partial charge on any atom is 0.327 e. The number of unbranched alkanes of at least 4 members (excludes halogenated alkanes) is 2. The molecule has 0 aliphatic heterocycles. The molecule has 0 fully saturated rings. The number of ketones is 1. The van der Waals surface area contributed by atoms with E-state index in [-0.39, 0.29) is 10.9 Å². The molecule has 5 nitrogen and oxygen atoms in total. The predicted octanol–water partition coefficient (Wildman–Crippen LogP) is 4.94. The van der Waals surface area contributed by atoms with Gasteiger partial charge in [-0.05, 0) is 25.8 Å². The first-order chi connectivity index (χ1) is 11.4. The van der Waals surface area contributed by atoms with Crippen molar-refractivity contribution in [3.63, 3.8) is 0 Å². The molecule has 0 aliphatic carbocycles. The molecule has 1 aromatic rings. The summed E-state index contributed by atoms with van der Waals surface area (Å²) in [6.07, 6.45) is 2.68. The normalized spacial score (nSPS) is 13.5. The van der Waals surface area contributed by atoms with Crippen LogP contribution in [0, 0.1) is 0 Å². The molecule has 0 heterocycles. The van der Waals surface area contributed by atoms with Crippen LogP contribution in [0.4, 0.5) is 0 Å². The number of thioether (sulfide) groups is 1. The lowest BCUT2D eigenvalue weighted by atomic mass is 10.0. The van der Waals surface area contributed by atoms with Crippen LogP contribution >= 0.6 is 19.4 Å². The third-order valence-corrected chi connectivity index (χ3v) is 5.42. The standard InChI is InChI=1S/C17H25O5PS/c1-4-21-23(3,20)22-13-9-5-6-11-16(19)15-10-7-8-12-17(15)24-14(2)18/h7-8,10,12H,4-6,9,11,13H2,1-3H3. The van der Waals surface area contributed by atoms with Gasteiger partial charge in [0.15, 0.2) is 10.9 Å². The molecule has 0 aliphatic rings. The summed E-state index contributed by atoms with van der Waals surface area (Å²) in [5, 5.41) is -0.0364. The summed E-state index contributed by atoms with van der Waals surface area (Å²) >= 11 is 1.08. The van der Waals surface area contributed by atoms with Crippen molar-refractivity contribution in [2.75, 3.05) is 19.9 Å². The second kappa shape index (κ2) is 10.8. The summed E-state index contributed by atoms with van der Waals surface area (Å²) in [7, 11) is -2.93. The Bertz CT molecular complexity index is 602. The van der Waals surface area contributed by atoms with Gasteiger partial charge in [0.05, 0.1) is 13.2 Å². The molecule has 7 heteroatoms. The van der Waals surface area contributed by atoms with E-state index in [1.54, 1.807) is 25.1 Å². The van der Waals surface area contributed by atoms with Crippen molar-refractivity contribution in [3.05, 3.63) is 29.8 Å². The minimum atomic E-state index is -2.93. The van der Waals surface area contributed by atoms with E-state index in [1.807, 2.05) is 6.07 Å². The maximum atomic E-state index is 12.3. The monoisotopic (exact) mass is 372 g/mol. The summed E-state index contributed by atoms with van der Waals surface area (Å²) in [5.74, 6) is 0.0377. The van der Waals surface area contributed by atoms with E-state index in [0.29, 0.717) is 30.1 Å². The lowest BCUT2D eigenvalue weighted by Gasteiger charge is -2.12. The van der Waals surface area contributed by atoms with Gasteiger partial charge in [-0.2, -0.15) is 0 Å². The highest BCUT2D eigenvalue weighted by Crippen LogP contribution is 2.43. The Labute approximate surface area is 148 Å². The van der Waals surface area contributed by atoms with E-state index in [0.717, 1.165) is 31.0 Å². The van der Waals surface area contributed by atoms with Crippen molar-refractivity contribution in [2.45, 2.75) is 44.4 Å². The van der Waals surface area contributed by atoms with Crippen molar-refractivity contribution in [2.24, 2.45) is 0 Å². The van der Waals surface area contributed by atoms with Gasteiger partial charge in [-0.25, -0.2) is 0 Å². The summed E-state index contributed by atoms with van der Waals surface area (Å²) in [4.78, 5) is 24.3. The van der Waals surface area contributed by atoms with E-state index in [2.05, 4.69) is 0 Å². The maximum absolute atomic E-state index is 12.3. The lowest BCUT2D eigenvalue weighted by Crippen LogP contribution is -2.02. The molecule has 1 unspecified atom stereocenters. The van der Waals surface area contributed by atoms with Crippen LogP contribution in [0.25, 0.3) is 0 Å². The lowest BCUT2D eigenvalue weighted by molar-refractivity contribution is -0.109. The van der Waals surface area contributed by atoms with Crippen LogP contribution in [0.5, 0.6) is 0 Å². The van der Waals surface area contributed by atoms with Gasteiger partial charge in [0.2, 0.25) is 0 Å². The number of carbonyl (C=O) groups is 2. The van der Waals surface area contributed by atoms with E-state index in [4.69, 9.17) is 9.05 Å². The summed E-state index contributed by atoms with van der Waals surface area (Å²) < 4.78 is 22.0. The summed E-state index contributed by atoms with van der Waals surface area (Å²) in [6.45, 7) is 5.44. The Hall–Kier alpha value is -0.940. The molecule has 1 atom stereocenters. The quantitative estimate of drug-likeness (QED) is 0.237. The minimum Gasteiger partial charge on any atom is -0.309 e. The number of hydrogen-bond donors (Lipinski definition) is 0. The number of rotatable bonds is 11. The third kappa shape index (κ3) is 8.25. The fourth-order valence-electron chi connectivity index (χ4n) is 2.14. The van der Waals surface area contributed by atoms with Crippen molar-refractivity contribution < 1.29 is 23.2 Å². The van der Waals surface area contributed by atoms with Gasteiger partial charge in [0.25, 0.3) is 0 Å². The highest BCUT2D eigenvalue weighted by molar-refractivity contribution is 8.13. The van der Waals surface area contributed by atoms with Crippen LogP contribution in [-0.4, -0.2) is 30.8 Å². The van der Waals surface area contributed by atoms with E-state index >= 15 is 0 Å². The fraction of sp³-hybridized carbons (Fsp3) is 0.529. The van der Waals surface area contributed by atoms with Gasteiger partial charge in [0, 0.05) is 30.5 Å². The fourth-order valence-corrected chi connectivity index (χ4v) is 3.89. The van der Waals surface area contributed by atoms with Crippen molar-refractivity contribution >= 4 is 30.3 Å². The van der Waals surface area contributed by atoms with Gasteiger partial charge < -0.3 is 9.05 Å². The molecule has 0 aromatic heterocycles. The zero-order valence-corrected chi connectivity index (χ0v) is 16.2. The number of Topliss-reactive ketones (excluding diaryl/α,β-unsaturated/α-hetero) is 1. The largest absolute Gasteiger partial charge is 0.327 e. The average molecular weight is 372 g/mol. The second-order valence-corrected chi connectivity index (χ2v) is 8.62. The van der Waals surface area contributed by atoms with E-state index < -0.39 is 7.60 Å². The Morgan fingerprint density at radius 3 is 2.50 bits per heavy atom. The molecule has 0 spiro atoms. The zero-order chi connectivity index (χ0) is 18.0. The first-order valence-corrected chi connectivity index (χ1v) is 10.8. The smallest absolute Gasteiger partial charge is 0.309 e. The Balaban J connectivity index is 2.35. The molecule has 0 saturated carbocycles. The average Bonchev–Trinajstić information content (AvgIpc) is 2.50. The van der Waals surface area contributed by atoms with Gasteiger partial charge in [-0.15, -0.1) is 0 Å². The molecular formula is C17H25O5PS. The van der Waals surface area contributed by atoms with Crippen LogP contribution in [-0.2, 0) is 18.4 Å². The molecule has 0 saturated heterocycles. The molecule has 134 valence electrons. The summed E-state index contributed by atoms with van der Waals surface area (Å²) in [6, 6.07) is 7.17. The van der Waals surface area contributed by atoms with Gasteiger partial charge in [-0.3, -0.25) is 14.2 Å².